The number of nitrogens with one attached hydrogen (secondary N) is 1. The summed E-state index contributed by atoms with van der Waals surface area (Å²) in [6.07, 6.45) is 0.832. The Morgan fingerprint density at radius 1 is 1.33 bits per heavy atom. The van der Waals surface area contributed by atoms with Gasteiger partial charge >= 0.3 is 6.01 Å². The van der Waals surface area contributed by atoms with Crippen molar-refractivity contribution in [2.45, 2.75) is 13.3 Å². The molecule has 118 valence electrons. The standard InChI is InChI=1S/C12H22N6O3/c1-4-6-21-12-16-10(13)15-11(17-12)18(2)8-9(19)14-5-7-20-3/h4-8H2,1-3H3,(H,14,19)(H2,13,15,16,17). The Balaban J connectivity index is 2.62. The fourth-order valence-corrected chi connectivity index (χ4v) is 1.42. The summed E-state index contributed by atoms with van der Waals surface area (Å²) in [6.45, 7) is 3.48. The van der Waals surface area contributed by atoms with Gasteiger partial charge in [-0.05, 0) is 6.42 Å². The van der Waals surface area contributed by atoms with E-state index in [-0.39, 0.29) is 30.4 Å². The zero-order valence-electron chi connectivity index (χ0n) is 12.6. The average Bonchev–Trinajstić information content (AvgIpc) is 2.44. The highest BCUT2D eigenvalue weighted by molar-refractivity contribution is 5.80. The normalized spacial score (nSPS) is 10.2. The molecule has 0 saturated carbocycles. The van der Waals surface area contributed by atoms with Gasteiger partial charge in [0.2, 0.25) is 17.8 Å². The third kappa shape index (κ3) is 6.21. The lowest BCUT2D eigenvalue weighted by atomic mass is 10.5. The van der Waals surface area contributed by atoms with Crippen molar-refractivity contribution in [2.75, 3.05) is 51.1 Å². The molecule has 0 radical (unpaired) electrons. The van der Waals surface area contributed by atoms with Crippen LogP contribution in [0.3, 0.4) is 0 Å². The topological polar surface area (TPSA) is 115 Å². The lowest BCUT2D eigenvalue weighted by Crippen LogP contribution is -2.37. The van der Waals surface area contributed by atoms with Crippen molar-refractivity contribution in [3.05, 3.63) is 0 Å². The molecule has 1 aromatic rings. The number of aromatic nitrogens is 3. The van der Waals surface area contributed by atoms with Crippen molar-refractivity contribution in [1.82, 2.24) is 20.3 Å². The second-order valence-corrected chi connectivity index (χ2v) is 4.32. The molecular formula is C12H22N6O3. The van der Waals surface area contributed by atoms with Gasteiger partial charge in [0, 0.05) is 20.7 Å². The van der Waals surface area contributed by atoms with Gasteiger partial charge in [0.25, 0.3) is 0 Å². The Labute approximate surface area is 123 Å². The number of ether oxygens (including phenoxy) is 2. The van der Waals surface area contributed by atoms with Crippen LogP contribution in [-0.4, -0.2) is 61.3 Å². The first kappa shape index (κ1) is 16.9. The van der Waals surface area contributed by atoms with Crippen LogP contribution < -0.4 is 20.7 Å². The van der Waals surface area contributed by atoms with E-state index in [1.54, 1.807) is 19.1 Å². The average molecular weight is 298 g/mol. The van der Waals surface area contributed by atoms with Crippen LogP contribution in [0, 0.1) is 0 Å². The number of hydrogen-bond donors (Lipinski definition) is 2. The van der Waals surface area contributed by atoms with E-state index in [1.165, 1.54) is 0 Å². The van der Waals surface area contributed by atoms with Crippen LogP contribution in [0.25, 0.3) is 0 Å². The molecule has 1 rings (SSSR count). The molecule has 0 aromatic carbocycles. The summed E-state index contributed by atoms with van der Waals surface area (Å²) in [5, 5.41) is 2.71. The van der Waals surface area contributed by atoms with E-state index in [0.717, 1.165) is 6.42 Å². The predicted molar refractivity (Wildman–Crippen MR) is 78.2 cm³/mol. The molecule has 0 saturated heterocycles. The second-order valence-electron chi connectivity index (χ2n) is 4.32. The zero-order chi connectivity index (χ0) is 15.7. The van der Waals surface area contributed by atoms with Gasteiger partial charge in [0.15, 0.2) is 0 Å². The first-order valence-electron chi connectivity index (χ1n) is 6.68. The minimum atomic E-state index is -0.162. The van der Waals surface area contributed by atoms with Crippen molar-refractivity contribution < 1.29 is 14.3 Å². The van der Waals surface area contributed by atoms with E-state index in [0.29, 0.717) is 19.8 Å². The number of carbonyl (C=O) groups is 1. The molecule has 0 spiro atoms. The molecule has 3 N–H and O–H groups in total. The van der Waals surface area contributed by atoms with Crippen LogP contribution in [0.4, 0.5) is 11.9 Å². The number of methoxy groups -OCH3 is 1. The van der Waals surface area contributed by atoms with Crippen molar-refractivity contribution in [3.63, 3.8) is 0 Å². The van der Waals surface area contributed by atoms with Gasteiger partial charge in [-0.15, -0.1) is 0 Å². The number of nitrogens with two attached hydrogens (primary N) is 1. The third-order valence-corrected chi connectivity index (χ3v) is 2.41. The first-order chi connectivity index (χ1) is 10.1. The molecule has 1 amide bonds. The lowest BCUT2D eigenvalue weighted by Gasteiger charge is -2.17. The molecular weight excluding hydrogens is 276 g/mol. The number of hydrogen-bond acceptors (Lipinski definition) is 8. The number of anilines is 2. The molecule has 1 heterocycles. The fraction of sp³-hybridized carbons (Fsp3) is 0.667. The molecule has 0 unspecified atom stereocenters. The van der Waals surface area contributed by atoms with Gasteiger partial charge in [-0.25, -0.2) is 0 Å². The van der Waals surface area contributed by atoms with Gasteiger partial charge in [-0.2, -0.15) is 15.0 Å². The van der Waals surface area contributed by atoms with E-state index in [4.69, 9.17) is 15.2 Å². The Hall–Kier alpha value is -2.16. The van der Waals surface area contributed by atoms with E-state index in [9.17, 15) is 4.79 Å². The van der Waals surface area contributed by atoms with Crippen molar-refractivity contribution >= 4 is 17.8 Å². The largest absolute Gasteiger partial charge is 0.463 e. The highest BCUT2D eigenvalue weighted by Gasteiger charge is 2.13. The van der Waals surface area contributed by atoms with Crippen LogP contribution in [-0.2, 0) is 9.53 Å². The van der Waals surface area contributed by atoms with Crippen LogP contribution in [0.5, 0.6) is 6.01 Å². The monoisotopic (exact) mass is 298 g/mol. The molecule has 0 atom stereocenters. The molecule has 0 aliphatic heterocycles. The Morgan fingerprint density at radius 3 is 2.76 bits per heavy atom. The van der Waals surface area contributed by atoms with Gasteiger partial charge in [0.05, 0.1) is 19.8 Å². The van der Waals surface area contributed by atoms with Crippen molar-refractivity contribution in [2.24, 2.45) is 0 Å². The quantitative estimate of drug-likeness (QED) is 0.583. The maximum atomic E-state index is 11.7. The molecule has 0 fully saturated rings. The fourth-order valence-electron chi connectivity index (χ4n) is 1.42. The van der Waals surface area contributed by atoms with E-state index < -0.39 is 0 Å². The van der Waals surface area contributed by atoms with E-state index in [1.807, 2.05) is 6.92 Å². The summed E-state index contributed by atoms with van der Waals surface area (Å²) in [5.41, 5.74) is 5.61. The van der Waals surface area contributed by atoms with E-state index >= 15 is 0 Å². The molecule has 1 aromatic heterocycles. The van der Waals surface area contributed by atoms with Crippen LogP contribution in [0.2, 0.25) is 0 Å². The van der Waals surface area contributed by atoms with Gasteiger partial charge in [0.1, 0.15) is 0 Å². The summed E-state index contributed by atoms with van der Waals surface area (Å²) in [7, 11) is 3.26. The van der Waals surface area contributed by atoms with Crippen LogP contribution in [0.15, 0.2) is 0 Å². The minimum absolute atomic E-state index is 0.0535. The summed E-state index contributed by atoms with van der Waals surface area (Å²) in [4.78, 5) is 25.3. The Morgan fingerprint density at radius 2 is 2.10 bits per heavy atom. The van der Waals surface area contributed by atoms with Crippen LogP contribution in [0.1, 0.15) is 13.3 Å². The SMILES string of the molecule is CCCOc1nc(N)nc(N(C)CC(=O)NCCOC)n1. The number of likely N-dealkylation sites (N-methyl/N-ethyl adjacent to an activating group) is 1. The molecule has 21 heavy (non-hydrogen) atoms. The van der Waals surface area contributed by atoms with Gasteiger partial charge in [-0.1, -0.05) is 6.92 Å². The van der Waals surface area contributed by atoms with Crippen LogP contribution >= 0.6 is 0 Å². The maximum Gasteiger partial charge on any atom is 0.323 e. The smallest absolute Gasteiger partial charge is 0.323 e. The van der Waals surface area contributed by atoms with Crippen molar-refractivity contribution in [3.8, 4) is 6.01 Å². The zero-order valence-corrected chi connectivity index (χ0v) is 12.6. The molecule has 0 aliphatic carbocycles. The predicted octanol–water partition coefficient (Wildman–Crippen LogP) is -0.559. The second kappa shape index (κ2) is 8.90. The lowest BCUT2D eigenvalue weighted by molar-refractivity contribution is -0.119. The number of amides is 1. The summed E-state index contributed by atoms with van der Waals surface area (Å²) < 4.78 is 10.2. The third-order valence-electron chi connectivity index (χ3n) is 2.41. The summed E-state index contributed by atoms with van der Waals surface area (Å²) in [6, 6.07) is 0.158. The Kier molecular flexibility index (Phi) is 7.16. The Bertz CT molecular complexity index is 457. The number of nitrogen functional groups attached to an aromatic ring is 1. The number of nitrogens with zero attached hydrogens (tertiary/aromatic N) is 4. The van der Waals surface area contributed by atoms with Gasteiger partial charge < -0.3 is 25.4 Å². The first-order valence-corrected chi connectivity index (χ1v) is 6.68. The number of rotatable bonds is 9. The summed E-state index contributed by atoms with van der Waals surface area (Å²) >= 11 is 0. The molecule has 0 aliphatic rings. The van der Waals surface area contributed by atoms with Gasteiger partial charge in [-0.3, -0.25) is 4.79 Å². The minimum Gasteiger partial charge on any atom is -0.463 e. The highest BCUT2D eigenvalue weighted by Crippen LogP contribution is 2.12. The molecule has 9 heteroatoms. The van der Waals surface area contributed by atoms with E-state index in [2.05, 4.69) is 20.3 Å². The highest BCUT2D eigenvalue weighted by atomic mass is 16.5. The molecule has 0 bridgehead atoms. The van der Waals surface area contributed by atoms with Crippen molar-refractivity contribution in [1.29, 1.82) is 0 Å². The molecule has 9 nitrogen and oxygen atoms in total. The maximum absolute atomic E-state index is 11.7. The summed E-state index contributed by atoms with van der Waals surface area (Å²) in [5.74, 6) is 0.179. The number of carbonyl (C=O) groups excluding carboxylic acids is 1.